The first-order chi connectivity index (χ1) is 11.0. The van der Waals surface area contributed by atoms with Gasteiger partial charge in [0.1, 0.15) is 5.75 Å². The van der Waals surface area contributed by atoms with E-state index < -0.39 is 0 Å². The van der Waals surface area contributed by atoms with Crippen molar-refractivity contribution in [1.29, 1.82) is 0 Å². The molecule has 1 aromatic carbocycles. The average molecular weight is 317 g/mol. The van der Waals surface area contributed by atoms with E-state index in [1.165, 1.54) is 0 Å². The van der Waals surface area contributed by atoms with Gasteiger partial charge in [0.15, 0.2) is 6.29 Å². The van der Waals surface area contributed by atoms with Crippen LogP contribution in [0.2, 0.25) is 0 Å². The average Bonchev–Trinajstić information content (AvgIpc) is 2.54. The van der Waals surface area contributed by atoms with Crippen molar-refractivity contribution in [3.63, 3.8) is 0 Å². The third-order valence-electron chi connectivity index (χ3n) is 5.00. The van der Waals surface area contributed by atoms with E-state index in [0.717, 1.165) is 37.3 Å². The van der Waals surface area contributed by atoms with E-state index in [1.807, 2.05) is 22.9 Å². The van der Waals surface area contributed by atoms with Crippen LogP contribution < -0.4 is 0 Å². The highest BCUT2D eigenvalue weighted by atomic mass is 16.3. The Morgan fingerprint density at radius 3 is 2.57 bits per heavy atom. The fourth-order valence-corrected chi connectivity index (χ4v) is 3.44. The lowest BCUT2D eigenvalue weighted by Gasteiger charge is -2.39. The second-order valence-corrected chi connectivity index (χ2v) is 6.52. The molecule has 0 bridgehead atoms. The maximum absolute atomic E-state index is 12.8. The Balaban J connectivity index is 1.81. The minimum Gasteiger partial charge on any atom is -0.507 e. The molecule has 1 amide bonds. The third kappa shape index (κ3) is 2.96. The van der Waals surface area contributed by atoms with Crippen LogP contribution in [0.4, 0.5) is 0 Å². The molecule has 2 heterocycles. The van der Waals surface area contributed by atoms with Crippen LogP contribution in [-0.4, -0.2) is 78.3 Å². The highest BCUT2D eigenvalue weighted by Gasteiger charge is 2.34. The first-order valence-electron chi connectivity index (χ1n) is 7.97. The molecule has 1 N–H and O–H groups in total. The van der Waals surface area contributed by atoms with Crippen LogP contribution in [0.25, 0.3) is 0 Å². The largest absolute Gasteiger partial charge is 0.507 e. The second-order valence-electron chi connectivity index (χ2n) is 6.52. The molecule has 3 rings (SSSR count). The number of hydrogen-bond donors (Lipinski definition) is 1. The summed E-state index contributed by atoms with van der Waals surface area (Å²) in [6, 6.07) is 3.18. The standard InChI is InChI=1S/C17H23N3O3/c1-18-5-7-20(8-6-18)17(23)15-9-12-3-4-16(22)14(11-21)13(12)10-19(15)2/h3-4,11,15,22H,5-10H2,1-2H3. The maximum Gasteiger partial charge on any atom is 0.240 e. The Hall–Kier alpha value is -1.92. The summed E-state index contributed by atoms with van der Waals surface area (Å²) in [6.45, 7) is 3.84. The van der Waals surface area contributed by atoms with Crippen LogP contribution in [0.3, 0.4) is 0 Å². The molecule has 1 fully saturated rings. The van der Waals surface area contributed by atoms with Crippen molar-refractivity contribution in [2.75, 3.05) is 40.3 Å². The molecule has 0 aliphatic carbocycles. The smallest absolute Gasteiger partial charge is 0.240 e. The first-order valence-corrected chi connectivity index (χ1v) is 7.97. The van der Waals surface area contributed by atoms with E-state index >= 15 is 0 Å². The highest BCUT2D eigenvalue weighted by Crippen LogP contribution is 2.30. The zero-order chi connectivity index (χ0) is 16.6. The van der Waals surface area contributed by atoms with Crippen LogP contribution in [-0.2, 0) is 17.8 Å². The Morgan fingerprint density at radius 1 is 1.22 bits per heavy atom. The number of piperazine rings is 1. The Labute approximate surface area is 136 Å². The second kappa shape index (κ2) is 6.29. The van der Waals surface area contributed by atoms with E-state index in [-0.39, 0.29) is 17.7 Å². The molecule has 124 valence electrons. The molecule has 1 saturated heterocycles. The van der Waals surface area contributed by atoms with Gasteiger partial charge in [0.2, 0.25) is 5.91 Å². The zero-order valence-electron chi connectivity index (χ0n) is 13.7. The monoisotopic (exact) mass is 317 g/mol. The normalized spacial score (nSPS) is 22.7. The lowest BCUT2D eigenvalue weighted by atomic mass is 9.90. The minimum atomic E-state index is -0.199. The van der Waals surface area contributed by atoms with Crippen molar-refractivity contribution in [2.45, 2.75) is 19.0 Å². The van der Waals surface area contributed by atoms with Crippen molar-refractivity contribution in [3.05, 3.63) is 28.8 Å². The molecular weight excluding hydrogens is 294 g/mol. The van der Waals surface area contributed by atoms with Gasteiger partial charge in [-0.3, -0.25) is 14.5 Å². The topological polar surface area (TPSA) is 64.1 Å². The number of carbonyl (C=O) groups is 2. The van der Waals surface area contributed by atoms with Crippen LogP contribution in [0.15, 0.2) is 12.1 Å². The molecule has 0 saturated carbocycles. The number of fused-ring (bicyclic) bond motifs is 1. The number of benzene rings is 1. The molecule has 1 aromatic rings. The first kappa shape index (κ1) is 16.0. The third-order valence-corrected chi connectivity index (χ3v) is 5.00. The van der Waals surface area contributed by atoms with Gasteiger partial charge in [0, 0.05) is 32.7 Å². The molecule has 6 heteroatoms. The molecule has 2 aliphatic rings. The van der Waals surface area contributed by atoms with Gasteiger partial charge in [0.05, 0.1) is 11.6 Å². The Kier molecular flexibility index (Phi) is 4.37. The fourth-order valence-electron chi connectivity index (χ4n) is 3.44. The van der Waals surface area contributed by atoms with Gasteiger partial charge < -0.3 is 14.9 Å². The highest BCUT2D eigenvalue weighted by molar-refractivity contribution is 5.85. The van der Waals surface area contributed by atoms with E-state index in [4.69, 9.17) is 0 Å². The van der Waals surface area contributed by atoms with Crippen molar-refractivity contribution in [2.24, 2.45) is 0 Å². The Bertz CT molecular complexity index is 624. The van der Waals surface area contributed by atoms with Gasteiger partial charge in [-0.25, -0.2) is 0 Å². The maximum atomic E-state index is 12.8. The molecule has 2 aliphatic heterocycles. The zero-order valence-corrected chi connectivity index (χ0v) is 13.7. The van der Waals surface area contributed by atoms with Crippen molar-refractivity contribution in [1.82, 2.24) is 14.7 Å². The number of hydrogen-bond acceptors (Lipinski definition) is 5. The van der Waals surface area contributed by atoms with E-state index in [1.54, 1.807) is 6.07 Å². The molecule has 0 aromatic heterocycles. The van der Waals surface area contributed by atoms with Gasteiger partial charge in [-0.15, -0.1) is 0 Å². The predicted molar refractivity (Wildman–Crippen MR) is 86.5 cm³/mol. The summed E-state index contributed by atoms with van der Waals surface area (Å²) in [5, 5.41) is 9.83. The van der Waals surface area contributed by atoms with Crippen LogP contribution in [0.5, 0.6) is 5.75 Å². The lowest BCUT2D eigenvalue weighted by Crippen LogP contribution is -2.55. The van der Waals surface area contributed by atoms with Gasteiger partial charge >= 0.3 is 0 Å². The number of phenolic OH excluding ortho intramolecular Hbond substituents is 1. The quantitative estimate of drug-likeness (QED) is 0.797. The molecular formula is C17H23N3O3. The summed E-state index contributed by atoms with van der Waals surface area (Å²) in [7, 11) is 3.97. The summed E-state index contributed by atoms with van der Waals surface area (Å²) in [5.74, 6) is 0.169. The molecule has 0 radical (unpaired) electrons. The van der Waals surface area contributed by atoms with Crippen molar-refractivity contribution in [3.8, 4) is 5.75 Å². The Morgan fingerprint density at radius 2 is 1.91 bits per heavy atom. The number of carbonyl (C=O) groups excluding carboxylic acids is 2. The number of nitrogens with zero attached hydrogens (tertiary/aromatic N) is 3. The van der Waals surface area contributed by atoms with E-state index in [0.29, 0.717) is 24.8 Å². The number of amides is 1. The number of likely N-dealkylation sites (N-methyl/N-ethyl adjacent to an activating group) is 2. The molecule has 0 spiro atoms. The van der Waals surface area contributed by atoms with Gasteiger partial charge in [0.25, 0.3) is 0 Å². The fraction of sp³-hybridized carbons (Fsp3) is 0.529. The minimum absolute atomic E-state index is 0.0102. The SMILES string of the molecule is CN1CCN(C(=O)C2Cc3ccc(O)c(C=O)c3CN2C)CC1. The summed E-state index contributed by atoms with van der Waals surface area (Å²) >= 11 is 0. The lowest BCUT2D eigenvalue weighted by molar-refractivity contribution is -0.138. The molecule has 23 heavy (non-hydrogen) atoms. The van der Waals surface area contributed by atoms with E-state index in [9.17, 15) is 14.7 Å². The summed E-state index contributed by atoms with van der Waals surface area (Å²) < 4.78 is 0. The number of rotatable bonds is 2. The number of aromatic hydroxyl groups is 1. The van der Waals surface area contributed by atoms with E-state index in [2.05, 4.69) is 11.9 Å². The van der Waals surface area contributed by atoms with Crippen LogP contribution >= 0.6 is 0 Å². The summed E-state index contributed by atoms with van der Waals surface area (Å²) in [4.78, 5) is 30.2. The summed E-state index contributed by atoms with van der Waals surface area (Å²) in [5.41, 5.74) is 2.17. The molecule has 6 nitrogen and oxygen atoms in total. The van der Waals surface area contributed by atoms with Gasteiger partial charge in [-0.05, 0) is 37.7 Å². The van der Waals surface area contributed by atoms with Crippen LogP contribution in [0, 0.1) is 0 Å². The van der Waals surface area contributed by atoms with Gasteiger partial charge in [-0.2, -0.15) is 0 Å². The van der Waals surface area contributed by atoms with Crippen molar-refractivity contribution >= 4 is 12.2 Å². The molecule has 1 unspecified atom stereocenters. The molecule has 1 atom stereocenters. The number of aldehydes is 1. The summed E-state index contributed by atoms with van der Waals surface area (Å²) in [6.07, 6.45) is 1.28. The van der Waals surface area contributed by atoms with Gasteiger partial charge in [-0.1, -0.05) is 6.07 Å². The predicted octanol–water partition coefficient (Wildman–Crippen LogP) is 0.335. The van der Waals surface area contributed by atoms with Crippen molar-refractivity contribution < 1.29 is 14.7 Å². The number of phenols is 1. The van der Waals surface area contributed by atoms with Crippen LogP contribution in [0.1, 0.15) is 21.5 Å².